The minimum Gasteiger partial charge on any atom is -0.492 e. The van der Waals surface area contributed by atoms with Gasteiger partial charge in [0.05, 0.1) is 16.7 Å². The first-order valence-electron chi connectivity index (χ1n) is 5.63. The molecular formula is C13H18BrNO2S. The summed E-state index contributed by atoms with van der Waals surface area (Å²) >= 11 is 8.36. The van der Waals surface area contributed by atoms with Crippen LogP contribution in [0.3, 0.4) is 0 Å². The molecule has 1 aromatic carbocycles. The van der Waals surface area contributed by atoms with Crippen LogP contribution in [0.1, 0.15) is 25.8 Å². The fourth-order valence-corrected chi connectivity index (χ4v) is 1.90. The van der Waals surface area contributed by atoms with Gasteiger partial charge in [-0.3, -0.25) is 0 Å². The molecule has 0 radical (unpaired) electrons. The summed E-state index contributed by atoms with van der Waals surface area (Å²) in [7, 11) is 1.70. The number of halogens is 1. The van der Waals surface area contributed by atoms with Crippen LogP contribution in [0.5, 0.6) is 5.75 Å². The molecule has 3 nitrogen and oxygen atoms in total. The third-order valence-corrected chi connectivity index (χ3v) is 3.59. The van der Waals surface area contributed by atoms with Crippen LogP contribution >= 0.6 is 28.1 Å². The Morgan fingerprint density at radius 1 is 1.44 bits per heavy atom. The van der Waals surface area contributed by atoms with Gasteiger partial charge in [-0.1, -0.05) is 12.2 Å². The zero-order chi connectivity index (χ0) is 13.8. The molecule has 0 aliphatic carbocycles. The van der Waals surface area contributed by atoms with Crippen LogP contribution in [0.4, 0.5) is 0 Å². The Morgan fingerprint density at radius 2 is 2.11 bits per heavy atom. The highest BCUT2D eigenvalue weighted by molar-refractivity contribution is 9.10. The first-order chi connectivity index (χ1) is 8.35. The van der Waals surface area contributed by atoms with Gasteiger partial charge in [-0.2, -0.15) is 0 Å². The maximum absolute atomic E-state index is 5.70. The first-order valence-corrected chi connectivity index (χ1v) is 6.83. The standard InChI is InChI=1S/C13H18BrNO2S/c1-13(2,16-3)6-7-17-11-5-4-9(12(15)18)8-10(11)14/h4-5,8H,6-7H2,1-3H3,(H2,15,18). The lowest BCUT2D eigenvalue weighted by Crippen LogP contribution is -2.25. The normalized spacial score (nSPS) is 11.3. The summed E-state index contributed by atoms with van der Waals surface area (Å²) in [4.78, 5) is 0.378. The monoisotopic (exact) mass is 331 g/mol. The van der Waals surface area contributed by atoms with Crippen molar-refractivity contribution in [2.45, 2.75) is 25.9 Å². The van der Waals surface area contributed by atoms with E-state index in [9.17, 15) is 0 Å². The molecule has 0 atom stereocenters. The van der Waals surface area contributed by atoms with Gasteiger partial charge in [0, 0.05) is 19.1 Å². The number of hydrogen-bond donors (Lipinski definition) is 1. The second-order valence-corrected chi connectivity index (χ2v) is 5.87. The number of thiocarbonyl (C=S) groups is 1. The molecular weight excluding hydrogens is 314 g/mol. The summed E-state index contributed by atoms with van der Waals surface area (Å²) in [6.45, 7) is 4.65. The highest BCUT2D eigenvalue weighted by Crippen LogP contribution is 2.26. The van der Waals surface area contributed by atoms with Gasteiger partial charge in [0.2, 0.25) is 0 Å². The molecule has 0 aliphatic heterocycles. The van der Waals surface area contributed by atoms with Crippen molar-refractivity contribution in [3.8, 4) is 5.75 Å². The molecule has 2 N–H and O–H groups in total. The Morgan fingerprint density at radius 3 is 2.61 bits per heavy atom. The van der Waals surface area contributed by atoms with Crippen molar-refractivity contribution in [2.75, 3.05) is 13.7 Å². The van der Waals surface area contributed by atoms with Crippen molar-refractivity contribution in [3.63, 3.8) is 0 Å². The predicted octanol–water partition coefficient (Wildman–Crippen LogP) is 3.28. The SMILES string of the molecule is COC(C)(C)CCOc1ccc(C(N)=S)cc1Br. The average Bonchev–Trinajstić information content (AvgIpc) is 2.31. The molecule has 0 aromatic heterocycles. The second kappa shape index (κ2) is 6.50. The number of benzene rings is 1. The molecule has 18 heavy (non-hydrogen) atoms. The molecule has 0 heterocycles. The van der Waals surface area contributed by atoms with E-state index in [2.05, 4.69) is 15.9 Å². The lowest BCUT2D eigenvalue weighted by molar-refractivity contribution is 0.00539. The number of hydrogen-bond acceptors (Lipinski definition) is 3. The summed E-state index contributed by atoms with van der Waals surface area (Å²) in [6.07, 6.45) is 0.812. The van der Waals surface area contributed by atoms with E-state index < -0.39 is 0 Å². The molecule has 0 bridgehead atoms. The molecule has 0 aliphatic rings. The van der Waals surface area contributed by atoms with Crippen LogP contribution in [-0.2, 0) is 4.74 Å². The molecule has 0 saturated carbocycles. The van der Waals surface area contributed by atoms with Gasteiger partial charge in [-0.25, -0.2) is 0 Å². The third-order valence-electron chi connectivity index (χ3n) is 2.73. The Bertz CT molecular complexity index is 435. The molecule has 1 rings (SSSR count). The number of methoxy groups -OCH3 is 1. The van der Waals surface area contributed by atoms with Gasteiger partial charge < -0.3 is 15.2 Å². The second-order valence-electron chi connectivity index (χ2n) is 4.57. The Balaban J connectivity index is 2.61. The quantitative estimate of drug-likeness (QED) is 0.812. The number of nitrogens with two attached hydrogens (primary N) is 1. The summed E-state index contributed by atoms with van der Waals surface area (Å²) in [6, 6.07) is 5.57. The zero-order valence-corrected chi connectivity index (χ0v) is 13.2. The first kappa shape index (κ1) is 15.4. The van der Waals surface area contributed by atoms with Crippen LogP contribution in [0.2, 0.25) is 0 Å². The maximum atomic E-state index is 5.70. The third kappa shape index (κ3) is 4.55. The Labute approximate surface area is 122 Å². The Hall–Kier alpha value is -0.650. The summed E-state index contributed by atoms with van der Waals surface area (Å²) in [5.74, 6) is 0.780. The van der Waals surface area contributed by atoms with Crippen molar-refractivity contribution in [2.24, 2.45) is 5.73 Å². The molecule has 100 valence electrons. The van der Waals surface area contributed by atoms with Crippen LogP contribution < -0.4 is 10.5 Å². The van der Waals surface area contributed by atoms with E-state index in [1.807, 2.05) is 32.0 Å². The van der Waals surface area contributed by atoms with E-state index in [0.717, 1.165) is 22.2 Å². The molecule has 0 spiro atoms. The zero-order valence-electron chi connectivity index (χ0n) is 10.8. The highest BCUT2D eigenvalue weighted by Gasteiger charge is 2.16. The van der Waals surface area contributed by atoms with Crippen molar-refractivity contribution in [3.05, 3.63) is 28.2 Å². The smallest absolute Gasteiger partial charge is 0.133 e. The topological polar surface area (TPSA) is 44.5 Å². The average molecular weight is 332 g/mol. The van der Waals surface area contributed by atoms with E-state index >= 15 is 0 Å². The largest absolute Gasteiger partial charge is 0.492 e. The Kier molecular flexibility index (Phi) is 5.56. The lowest BCUT2D eigenvalue weighted by atomic mass is 10.1. The molecule has 0 fully saturated rings. The molecule has 0 amide bonds. The van der Waals surface area contributed by atoms with Crippen LogP contribution in [0.25, 0.3) is 0 Å². The highest BCUT2D eigenvalue weighted by atomic mass is 79.9. The van der Waals surface area contributed by atoms with Crippen LogP contribution in [0.15, 0.2) is 22.7 Å². The molecule has 1 aromatic rings. The van der Waals surface area contributed by atoms with E-state index in [1.54, 1.807) is 7.11 Å². The van der Waals surface area contributed by atoms with Crippen LogP contribution in [-0.4, -0.2) is 24.3 Å². The fraction of sp³-hybridized carbons (Fsp3) is 0.462. The summed E-state index contributed by atoms with van der Waals surface area (Å²) in [5.41, 5.74) is 6.21. The number of ether oxygens (including phenoxy) is 2. The van der Waals surface area contributed by atoms with Crippen molar-refractivity contribution in [1.29, 1.82) is 0 Å². The van der Waals surface area contributed by atoms with E-state index in [-0.39, 0.29) is 5.60 Å². The summed E-state index contributed by atoms with van der Waals surface area (Å²) in [5, 5.41) is 0. The lowest BCUT2D eigenvalue weighted by Gasteiger charge is -2.22. The minimum absolute atomic E-state index is 0.175. The van der Waals surface area contributed by atoms with Gasteiger partial charge >= 0.3 is 0 Å². The van der Waals surface area contributed by atoms with E-state index in [4.69, 9.17) is 27.4 Å². The predicted molar refractivity (Wildman–Crippen MR) is 81.2 cm³/mol. The molecule has 0 saturated heterocycles. The number of rotatable bonds is 6. The maximum Gasteiger partial charge on any atom is 0.133 e. The molecule has 5 heteroatoms. The van der Waals surface area contributed by atoms with E-state index in [1.165, 1.54) is 0 Å². The van der Waals surface area contributed by atoms with Gasteiger partial charge in [0.25, 0.3) is 0 Å². The van der Waals surface area contributed by atoms with Gasteiger partial charge in [-0.05, 0) is 48.0 Å². The van der Waals surface area contributed by atoms with Crippen molar-refractivity contribution >= 4 is 33.1 Å². The molecule has 0 unspecified atom stereocenters. The minimum atomic E-state index is -0.175. The van der Waals surface area contributed by atoms with Crippen molar-refractivity contribution < 1.29 is 9.47 Å². The van der Waals surface area contributed by atoms with Gasteiger partial charge in [-0.15, -0.1) is 0 Å². The van der Waals surface area contributed by atoms with Crippen molar-refractivity contribution in [1.82, 2.24) is 0 Å². The summed E-state index contributed by atoms with van der Waals surface area (Å²) < 4.78 is 11.9. The van der Waals surface area contributed by atoms with E-state index in [0.29, 0.717) is 11.6 Å². The van der Waals surface area contributed by atoms with Crippen LogP contribution in [0, 0.1) is 0 Å². The van der Waals surface area contributed by atoms with Gasteiger partial charge in [0.1, 0.15) is 10.7 Å². The van der Waals surface area contributed by atoms with Gasteiger partial charge in [0.15, 0.2) is 0 Å². The fourth-order valence-electron chi connectivity index (χ4n) is 1.28.